The Labute approximate surface area is 119 Å². The highest BCUT2D eigenvalue weighted by atomic mass is 35.5. The maximum absolute atomic E-state index is 12.1. The lowest BCUT2D eigenvalue weighted by atomic mass is 10.1. The van der Waals surface area contributed by atoms with Crippen LogP contribution in [0.15, 0.2) is 23.1 Å². The van der Waals surface area contributed by atoms with Crippen molar-refractivity contribution >= 4 is 27.3 Å². The minimum Gasteiger partial charge on any atom is -0.398 e. The molecule has 0 amide bonds. The van der Waals surface area contributed by atoms with E-state index in [0.29, 0.717) is 12.3 Å². The molecule has 1 aromatic rings. The molecule has 0 atom stereocenters. The van der Waals surface area contributed by atoms with Crippen molar-refractivity contribution < 1.29 is 13.2 Å². The number of nitrogen functional groups attached to an aromatic ring is 1. The van der Waals surface area contributed by atoms with E-state index in [1.54, 1.807) is 0 Å². The first-order valence-corrected chi connectivity index (χ1v) is 7.73. The van der Waals surface area contributed by atoms with E-state index in [9.17, 15) is 8.42 Å². The topological polar surface area (TPSA) is 81.4 Å². The van der Waals surface area contributed by atoms with E-state index < -0.39 is 15.6 Å². The summed E-state index contributed by atoms with van der Waals surface area (Å²) in [6.45, 7) is 6.17. The fraction of sp³-hybridized carbons (Fsp3) is 0.500. The molecule has 0 aliphatic heterocycles. The molecule has 0 saturated carbocycles. The van der Waals surface area contributed by atoms with Crippen molar-refractivity contribution in [3.63, 3.8) is 0 Å². The Morgan fingerprint density at radius 3 is 2.58 bits per heavy atom. The number of rotatable bonds is 6. The molecule has 5 nitrogen and oxygen atoms in total. The number of nitrogens with one attached hydrogen (secondary N) is 1. The maximum atomic E-state index is 12.1. The highest BCUT2D eigenvalue weighted by Gasteiger charge is 2.22. The van der Waals surface area contributed by atoms with Crippen LogP contribution in [-0.4, -0.2) is 27.2 Å². The van der Waals surface area contributed by atoms with Crippen LogP contribution < -0.4 is 10.5 Å². The van der Waals surface area contributed by atoms with Crippen LogP contribution in [0.1, 0.15) is 20.8 Å². The molecule has 1 aromatic carbocycles. The zero-order chi connectivity index (χ0) is 14.7. The summed E-state index contributed by atoms with van der Waals surface area (Å²) < 4.78 is 32.1. The number of halogens is 1. The van der Waals surface area contributed by atoms with Gasteiger partial charge in [-0.15, -0.1) is 0 Å². The van der Waals surface area contributed by atoms with Gasteiger partial charge in [-0.1, -0.05) is 11.6 Å². The quantitative estimate of drug-likeness (QED) is 0.788. The second-order valence-corrected chi connectivity index (χ2v) is 6.87. The Hall–Kier alpha value is -0.820. The van der Waals surface area contributed by atoms with Crippen molar-refractivity contribution in [3.8, 4) is 0 Å². The van der Waals surface area contributed by atoms with Gasteiger partial charge < -0.3 is 10.5 Å². The normalized spacial score (nSPS) is 12.6. The number of sulfonamides is 1. The van der Waals surface area contributed by atoms with Crippen LogP contribution in [0.3, 0.4) is 0 Å². The van der Waals surface area contributed by atoms with Crippen LogP contribution >= 0.6 is 11.6 Å². The zero-order valence-electron chi connectivity index (χ0n) is 11.2. The second-order valence-electron chi connectivity index (χ2n) is 4.70. The third-order valence-corrected chi connectivity index (χ3v) is 4.23. The predicted molar refractivity (Wildman–Crippen MR) is 76.8 cm³/mol. The number of anilines is 1. The fourth-order valence-corrected chi connectivity index (χ4v) is 2.94. The molecule has 0 aromatic heterocycles. The highest BCUT2D eigenvalue weighted by Crippen LogP contribution is 2.22. The molecule has 0 unspecified atom stereocenters. The molecule has 0 saturated heterocycles. The third kappa shape index (κ3) is 4.65. The number of nitrogens with two attached hydrogens (primary N) is 1. The Morgan fingerprint density at radius 1 is 1.42 bits per heavy atom. The van der Waals surface area contributed by atoms with Gasteiger partial charge in [0, 0.05) is 13.2 Å². The first-order valence-electron chi connectivity index (χ1n) is 5.86. The highest BCUT2D eigenvalue weighted by molar-refractivity contribution is 7.89. The second kappa shape index (κ2) is 6.09. The van der Waals surface area contributed by atoms with Gasteiger partial charge in [0.25, 0.3) is 0 Å². The summed E-state index contributed by atoms with van der Waals surface area (Å²) in [5.74, 6) is 0. The van der Waals surface area contributed by atoms with Crippen LogP contribution in [-0.2, 0) is 14.8 Å². The summed E-state index contributed by atoms with van der Waals surface area (Å²) in [5.41, 5.74) is 5.32. The number of ether oxygens (including phenoxy) is 1. The van der Waals surface area contributed by atoms with E-state index in [2.05, 4.69) is 4.72 Å². The van der Waals surface area contributed by atoms with Gasteiger partial charge in [-0.2, -0.15) is 0 Å². The molecule has 0 bridgehead atoms. The van der Waals surface area contributed by atoms with Gasteiger partial charge in [0.2, 0.25) is 10.0 Å². The number of hydrogen-bond donors (Lipinski definition) is 2. The van der Waals surface area contributed by atoms with Gasteiger partial charge >= 0.3 is 0 Å². The van der Waals surface area contributed by atoms with Crippen molar-refractivity contribution in [2.75, 3.05) is 18.9 Å². The van der Waals surface area contributed by atoms with Crippen LogP contribution in [0.5, 0.6) is 0 Å². The first-order chi connectivity index (χ1) is 8.68. The van der Waals surface area contributed by atoms with Gasteiger partial charge in [-0.3, -0.25) is 0 Å². The smallest absolute Gasteiger partial charge is 0.240 e. The van der Waals surface area contributed by atoms with E-state index in [1.165, 1.54) is 18.2 Å². The average Bonchev–Trinajstić information content (AvgIpc) is 2.30. The number of benzene rings is 1. The summed E-state index contributed by atoms with van der Waals surface area (Å²) in [5, 5.41) is 0.215. The van der Waals surface area contributed by atoms with Crippen LogP contribution in [0, 0.1) is 0 Å². The molecule has 19 heavy (non-hydrogen) atoms. The Balaban J connectivity index is 2.84. The largest absolute Gasteiger partial charge is 0.398 e. The van der Waals surface area contributed by atoms with E-state index in [1.807, 2.05) is 20.8 Å². The van der Waals surface area contributed by atoms with Gasteiger partial charge in [-0.25, -0.2) is 13.1 Å². The lowest BCUT2D eigenvalue weighted by Crippen LogP contribution is -2.40. The molecule has 3 N–H and O–H groups in total. The van der Waals surface area contributed by atoms with E-state index >= 15 is 0 Å². The standard InChI is InChI=1S/C12H19ClN2O3S/c1-4-18-12(2,3)8-15-19(16,17)9-5-6-11(14)10(13)7-9/h5-7,15H,4,8,14H2,1-3H3. The molecule has 0 aliphatic carbocycles. The Kier molecular flexibility index (Phi) is 5.20. The molecular formula is C12H19ClN2O3S. The molecule has 0 heterocycles. The minimum atomic E-state index is -3.62. The van der Waals surface area contributed by atoms with Crippen molar-refractivity contribution in [1.29, 1.82) is 0 Å². The van der Waals surface area contributed by atoms with Crippen molar-refractivity contribution in [1.82, 2.24) is 4.72 Å². The Morgan fingerprint density at radius 2 is 2.05 bits per heavy atom. The van der Waals surface area contributed by atoms with E-state index in [4.69, 9.17) is 22.1 Å². The number of hydrogen-bond acceptors (Lipinski definition) is 4. The zero-order valence-corrected chi connectivity index (χ0v) is 12.8. The average molecular weight is 307 g/mol. The van der Waals surface area contributed by atoms with Gasteiger partial charge in [0.05, 0.1) is 21.2 Å². The summed E-state index contributed by atoms with van der Waals surface area (Å²) in [6, 6.07) is 4.20. The van der Waals surface area contributed by atoms with Crippen molar-refractivity contribution in [2.24, 2.45) is 0 Å². The van der Waals surface area contributed by atoms with Crippen LogP contribution in [0.25, 0.3) is 0 Å². The summed E-state index contributed by atoms with van der Waals surface area (Å²) in [4.78, 5) is 0.0824. The Bertz CT molecular complexity index is 544. The van der Waals surface area contributed by atoms with Crippen molar-refractivity contribution in [2.45, 2.75) is 31.3 Å². The van der Waals surface area contributed by atoms with Crippen LogP contribution in [0.2, 0.25) is 5.02 Å². The summed E-state index contributed by atoms with van der Waals surface area (Å²) in [7, 11) is -3.62. The fourth-order valence-electron chi connectivity index (χ4n) is 1.47. The lowest BCUT2D eigenvalue weighted by Gasteiger charge is -2.24. The molecule has 7 heteroatoms. The summed E-state index contributed by atoms with van der Waals surface area (Å²) >= 11 is 5.82. The van der Waals surface area contributed by atoms with E-state index in [-0.39, 0.29) is 16.5 Å². The van der Waals surface area contributed by atoms with Gasteiger partial charge in [0.1, 0.15) is 0 Å². The maximum Gasteiger partial charge on any atom is 0.240 e. The molecule has 108 valence electrons. The first kappa shape index (κ1) is 16.2. The molecule has 1 rings (SSSR count). The van der Waals surface area contributed by atoms with Gasteiger partial charge in [0.15, 0.2) is 0 Å². The molecule has 0 fully saturated rings. The molecular weight excluding hydrogens is 288 g/mol. The molecule has 0 radical (unpaired) electrons. The van der Waals surface area contributed by atoms with Crippen molar-refractivity contribution in [3.05, 3.63) is 23.2 Å². The minimum absolute atomic E-state index is 0.0824. The lowest BCUT2D eigenvalue weighted by molar-refractivity contribution is -0.00515. The molecule has 0 aliphatic rings. The SMILES string of the molecule is CCOC(C)(C)CNS(=O)(=O)c1ccc(N)c(Cl)c1. The van der Waals surface area contributed by atoms with Gasteiger partial charge in [-0.05, 0) is 39.0 Å². The molecule has 0 spiro atoms. The van der Waals surface area contributed by atoms with Crippen LogP contribution in [0.4, 0.5) is 5.69 Å². The predicted octanol–water partition coefficient (Wildman–Crippen LogP) is 2.02. The van der Waals surface area contributed by atoms with E-state index in [0.717, 1.165) is 0 Å². The summed E-state index contributed by atoms with van der Waals surface area (Å²) in [6.07, 6.45) is 0. The monoisotopic (exact) mass is 306 g/mol. The third-order valence-electron chi connectivity index (χ3n) is 2.51.